The lowest BCUT2D eigenvalue weighted by Crippen LogP contribution is -2.43. The van der Waals surface area contributed by atoms with E-state index in [0.717, 1.165) is 25.7 Å². The minimum Gasteiger partial charge on any atom is -0.475 e. The zero-order valence-corrected chi connectivity index (χ0v) is 12.8. The molecule has 1 aromatic rings. The number of hydrogen-bond acceptors (Lipinski definition) is 5. The molecule has 0 spiro atoms. The van der Waals surface area contributed by atoms with Crippen molar-refractivity contribution in [1.82, 2.24) is 20.5 Å². The van der Waals surface area contributed by atoms with Gasteiger partial charge in [-0.2, -0.15) is 13.2 Å². The lowest BCUT2D eigenvalue weighted by atomic mass is 9.83. The first kappa shape index (κ1) is 19.0. The predicted molar refractivity (Wildman–Crippen MR) is 75.6 cm³/mol. The molecule has 0 aromatic carbocycles. The van der Waals surface area contributed by atoms with Crippen LogP contribution in [0, 0.1) is 11.8 Å². The zero-order chi connectivity index (χ0) is 18.8. The van der Waals surface area contributed by atoms with Gasteiger partial charge in [-0.15, -0.1) is 5.10 Å². The topological polar surface area (TPSA) is 148 Å². The van der Waals surface area contributed by atoms with Crippen LogP contribution in [-0.4, -0.2) is 55.6 Å². The monoisotopic (exact) mass is 366 g/mol. The number of carboxylic acid groups (broad SMARTS) is 1. The third-order valence-electron chi connectivity index (χ3n) is 4.34. The van der Waals surface area contributed by atoms with Crippen molar-refractivity contribution in [2.45, 2.75) is 44.0 Å². The molecule has 9 nitrogen and oxygen atoms in total. The van der Waals surface area contributed by atoms with Crippen molar-refractivity contribution in [2.75, 3.05) is 0 Å². The van der Waals surface area contributed by atoms with Gasteiger partial charge in [-0.05, 0) is 37.5 Å². The van der Waals surface area contributed by atoms with Gasteiger partial charge in [0.1, 0.15) is 0 Å². The first-order valence-corrected chi connectivity index (χ1v) is 7.51. The highest BCUT2D eigenvalue weighted by Gasteiger charge is 2.42. The van der Waals surface area contributed by atoms with Crippen molar-refractivity contribution in [3.05, 3.63) is 16.3 Å². The minimum absolute atomic E-state index is 0.0125. The van der Waals surface area contributed by atoms with Crippen LogP contribution in [-0.2, 0) is 4.79 Å². The molecule has 2 aliphatic rings. The fourth-order valence-corrected chi connectivity index (χ4v) is 3.25. The summed E-state index contributed by atoms with van der Waals surface area (Å²) in [5.74, 6) is -2.51. The maximum absolute atomic E-state index is 11.8. The van der Waals surface area contributed by atoms with E-state index < -0.39 is 17.8 Å². The number of nitrogens with zero attached hydrogens (tertiary/aromatic N) is 1. The Morgan fingerprint density at radius 1 is 1.20 bits per heavy atom. The number of rotatable bonds is 2. The van der Waals surface area contributed by atoms with Gasteiger partial charge in [-0.1, -0.05) is 0 Å². The molecule has 1 heterocycles. The number of fused-ring (bicyclic) bond motifs is 2. The maximum atomic E-state index is 11.8. The average molecular weight is 366 g/mol. The quantitative estimate of drug-likeness (QED) is 0.498. The molecule has 3 rings (SSSR count). The number of aromatic amines is 2. The van der Waals surface area contributed by atoms with Crippen molar-refractivity contribution < 1.29 is 33.0 Å². The fraction of sp³-hybridized carbons (Fsp3) is 0.692. The molecule has 1 aromatic heterocycles. The van der Waals surface area contributed by atoms with Crippen LogP contribution in [0.3, 0.4) is 0 Å². The minimum atomic E-state index is -5.08. The van der Waals surface area contributed by atoms with Gasteiger partial charge in [-0.25, -0.2) is 14.7 Å². The number of alkyl halides is 3. The van der Waals surface area contributed by atoms with E-state index in [4.69, 9.17) is 9.90 Å². The molecule has 4 atom stereocenters. The van der Waals surface area contributed by atoms with Gasteiger partial charge < -0.3 is 15.5 Å². The molecular formula is C13H17F3N4O5. The Labute approximate surface area is 138 Å². The zero-order valence-electron chi connectivity index (χ0n) is 12.8. The van der Waals surface area contributed by atoms with Gasteiger partial charge in [0.2, 0.25) is 5.82 Å². The Hall–Kier alpha value is -2.37. The number of carbonyl (C=O) groups excluding carboxylic acids is 1. The van der Waals surface area contributed by atoms with Crippen molar-refractivity contribution in [3.8, 4) is 0 Å². The molecule has 0 saturated heterocycles. The number of amides is 1. The normalized spacial score (nSPS) is 28.0. The van der Waals surface area contributed by atoms with Crippen molar-refractivity contribution >= 4 is 11.9 Å². The second kappa shape index (κ2) is 7.25. The van der Waals surface area contributed by atoms with Crippen LogP contribution in [0.5, 0.6) is 0 Å². The Balaban J connectivity index is 0.000000277. The van der Waals surface area contributed by atoms with Crippen LogP contribution < -0.4 is 11.0 Å². The summed E-state index contributed by atoms with van der Waals surface area (Å²) >= 11 is 0. The summed E-state index contributed by atoms with van der Waals surface area (Å²) in [7, 11) is 0. The molecule has 0 radical (unpaired) electrons. The summed E-state index contributed by atoms with van der Waals surface area (Å²) < 4.78 is 31.7. The Bertz CT molecular complexity index is 672. The summed E-state index contributed by atoms with van der Waals surface area (Å²) in [6.07, 6.45) is -1.60. The molecule has 25 heavy (non-hydrogen) atoms. The number of aliphatic carboxylic acids is 1. The van der Waals surface area contributed by atoms with Gasteiger partial charge in [0.15, 0.2) is 0 Å². The number of aromatic nitrogens is 3. The number of hydrogen-bond donors (Lipinski definition) is 5. The van der Waals surface area contributed by atoms with Crippen LogP contribution in [0.2, 0.25) is 0 Å². The van der Waals surface area contributed by atoms with Crippen molar-refractivity contribution in [2.24, 2.45) is 11.8 Å². The molecule has 140 valence electrons. The Kier molecular flexibility index (Phi) is 5.50. The number of aliphatic hydroxyl groups excluding tert-OH is 1. The van der Waals surface area contributed by atoms with Crippen LogP contribution in [0.25, 0.3) is 0 Å². The van der Waals surface area contributed by atoms with Gasteiger partial charge in [0.05, 0.1) is 6.10 Å². The van der Waals surface area contributed by atoms with Crippen LogP contribution >= 0.6 is 0 Å². The second-order valence-electron chi connectivity index (χ2n) is 6.06. The van der Waals surface area contributed by atoms with E-state index in [1.807, 2.05) is 0 Å². The lowest BCUT2D eigenvalue weighted by molar-refractivity contribution is -0.192. The van der Waals surface area contributed by atoms with E-state index in [0.29, 0.717) is 11.8 Å². The maximum Gasteiger partial charge on any atom is 0.490 e. The van der Waals surface area contributed by atoms with E-state index in [-0.39, 0.29) is 23.9 Å². The summed E-state index contributed by atoms with van der Waals surface area (Å²) in [4.78, 5) is 33.9. The lowest BCUT2D eigenvalue weighted by Gasteiger charge is -2.32. The van der Waals surface area contributed by atoms with E-state index in [1.165, 1.54) is 0 Å². The molecule has 12 heteroatoms. The number of H-pyrrole nitrogens is 2. The molecule has 2 bridgehead atoms. The van der Waals surface area contributed by atoms with Crippen LogP contribution in [0.1, 0.15) is 36.3 Å². The van der Waals surface area contributed by atoms with Gasteiger partial charge in [0.25, 0.3) is 5.91 Å². The number of aliphatic hydroxyl groups is 1. The first-order chi connectivity index (χ1) is 11.6. The number of nitrogens with one attached hydrogen (secondary N) is 3. The summed E-state index contributed by atoms with van der Waals surface area (Å²) in [6, 6.07) is 0.0682. The van der Waals surface area contributed by atoms with E-state index in [2.05, 4.69) is 20.5 Å². The van der Waals surface area contributed by atoms with Crippen LogP contribution in [0.15, 0.2) is 4.79 Å². The number of halogens is 3. The van der Waals surface area contributed by atoms with Gasteiger partial charge >= 0.3 is 17.8 Å². The number of carboxylic acids is 1. The summed E-state index contributed by atoms with van der Waals surface area (Å²) in [5.41, 5.74) is -0.487. The highest BCUT2D eigenvalue weighted by molar-refractivity contribution is 5.90. The van der Waals surface area contributed by atoms with Crippen molar-refractivity contribution in [1.29, 1.82) is 0 Å². The standard InChI is InChI=1S/C11H16N4O3.C2HF3O2/c16-8-5-1-2-6(8)4-7(3-5)12-10(17)9-13-11(18)15-14-9;3-2(4,5)1(6)7/h5-8,16H,1-4H2,(H,12,17)(H2,13,14,15,18);(H,6,7)/t5-,6+,7?,8?;. The summed E-state index contributed by atoms with van der Waals surface area (Å²) in [5, 5.41) is 25.7. The smallest absolute Gasteiger partial charge is 0.475 e. The Morgan fingerprint density at radius 2 is 1.72 bits per heavy atom. The van der Waals surface area contributed by atoms with E-state index in [9.17, 15) is 27.9 Å². The summed E-state index contributed by atoms with van der Waals surface area (Å²) in [6.45, 7) is 0. The molecular weight excluding hydrogens is 349 g/mol. The highest BCUT2D eigenvalue weighted by Crippen LogP contribution is 2.42. The fourth-order valence-electron chi connectivity index (χ4n) is 3.25. The van der Waals surface area contributed by atoms with Gasteiger partial charge in [-0.3, -0.25) is 9.78 Å². The average Bonchev–Trinajstić information content (AvgIpc) is 3.00. The third-order valence-corrected chi connectivity index (χ3v) is 4.34. The molecule has 0 aliphatic heterocycles. The van der Waals surface area contributed by atoms with Crippen LogP contribution in [0.4, 0.5) is 13.2 Å². The SMILES string of the molecule is O=C(NC1C[C@H]2CC[C@@H](C1)C2O)c1n[nH]c(=O)[nH]1.O=C(O)C(F)(F)F. The molecule has 5 N–H and O–H groups in total. The molecule has 2 saturated carbocycles. The van der Waals surface area contributed by atoms with Crippen molar-refractivity contribution in [3.63, 3.8) is 0 Å². The number of carbonyl (C=O) groups is 2. The molecule has 1 amide bonds. The molecule has 2 aliphatic carbocycles. The first-order valence-electron chi connectivity index (χ1n) is 7.51. The van der Waals surface area contributed by atoms with E-state index in [1.54, 1.807) is 0 Å². The molecule has 2 fully saturated rings. The molecule has 2 unspecified atom stereocenters. The predicted octanol–water partition coefficient (Wildman–Crippen LogP) is 0.0106. The van der Waals surface area contributed by atoms with Gasteiger partial charge in [0, 0.05) is 6.04 Å². The van der Waals surface area contributed by atoms with E-state index >= 15 is 0 Å². The highest BCUT2D eigenvalue weighted by atomic mass is 19.4. The third kappa shape index (κ3) is 4.81. The largest absolute Gasteiger partial charge is 0.490 e. The Morgan fingerprint density at radius 3 is 2.12 bits per heavy atom. The second-order valence-corrected chi connectivity index (χ2v) is 6.06.